The average molecular weight is 807 g/mol. The van der Waals surface area contributed by atoms with Crippen LogP contribution in [0.25, 0.3) is 21.9 Å². The predicted molar refractivity (Wildman–Crippen MR) is 214 cm³/mol. The molecule has 0 radical (unpaired) electrons. The Morgan fingerprint density at radius 1 is 0.966 bits per heavy atom. The van der Waals surface area contributed by atoms with E-state index in [0.717, 1.165) is 52.9 Å². The summed E-state index contributed by atoms with van der Waals surface area (Å²) in [5.74, 6) is -0.450. The van der Waals surface area contributed by atoms with Gasteiger partial charge in [-0.3, -0.25) is 44.1 Å². The van der Waals surface area contributed by atoms with Gasteiger partial charge in [0.15, 0.2) is 0 Å². The highest BCUT2D eigenvalue weighted by Gasteiger charge is 2.44. The molecule has 3 N–H and O–H groups in total. The number of imide groups is 2. The number of ether oxygens (including phenoxy) is 4. The van der Waals surface area contributed by atoms with Crippen molar-refractivity contribution < 1.29 is 38.1 Å². The number of methoxy groups -OCH3 is 2. The number of pyridine rings is 2. The summed E-state index contributed by atoms with van der Waals surface area (Å²) in [4.78, 5) is 70.0. The average Bonchev–Trinajstić information content (AvgIpc) is 3.49. The number of fused-ring (bicyclic) bond motifs is 2. The molecule has 17 heteroatoms. The Morgan fingerprint density at radius 2 is 1.71 bits per heavy atom. The summed E-state index contributed by atoms with van der Waals surface area (Å²) < 4.78 is 25.3. The molecule has 7 rings (SSSR count). The van der Waals surface area contributed by atoms with Crippen molar-refractivity contribution in [3.63, 3.8) is 0 Å². The van der Waals surface area contributed by atoms with Gasteiger partial charge in [0.05, 0.1) is 55.6 Å². The van der Waals surface area contributed by atoms with E-state index in [1.54, 1.807) is 50.5 Å². The Hall–Kier alpha value is -6.46. The van der Waals surface area contributed by atoms with Crippen LogP contribution in [-0.2, 0) is 27.9 Å². The van der Waals surface area contributed by atoms with Crippen molar-refractivity contribution in [2.24, 2.45) is 12.2 Å². The maximum absolute atomic E-state index is 13.1. The molecule has 3 aliphatic heterocycles. The Kier molecular flexibility index (Phi) is 12.4. The second-order valence-corrected chi connectivity index (χ2v) is 14.6. The van der Waals surface area contributed by atoms with Crippen LogP contribution in [0.15, 0.2) is 76.8 Å². The third kappa shape index (κ3) is 8.71. The van der Waals surface area contributed by atoms with Gasteiger partial charge in [-0.1, -0.05) is 0 Å². The lowest BCUT2D eigenvalue weighted by molar-refractivity contribution is -0.136. The maximum Gasteiger partial charge on any atom is 0.262 e. The number of piperidine rings is 2. The summed E-state index contributed by atoms with van der Waals surface area (Å²) in [6.07, 6.45) is 9.08. The number of rotatable bonds is 16. The molecule has 4 aromatic rings. The summed E-state index contributed by atoms with van der Waals surface area (Å²) in [7, 11) is 5.01. The first-order valence-corrected chi connectivity index (χ1v) is 19.4. The normalized spacial score (nSPS) is 17.6. The highest BCUT2D eigenvalue weighted by molar-refractivity contribution is 6.23. The van der Waals surface area contributed by atoms with Gasteiger partial charge in [0, 0.05) is 70.0 Å². The molecule has 5 heterocycles. The van der Waals surface area contributed by atoms with Crippen LogP contribution in [0.2, 0.25) is 0 Å². The van der Waals surface area contributed by atoms with Crippen molar-refractivity contribution >= 4 is 34.4 Å². The molecule has 59 heavy (non-hydrogen) atoms. The molecule has 3 aliphatic rings. The van der Waals surface area contributed by atoms with E-state index >= 15 is 0 Å². The van der Waals surface area contributed by atoms with Crippen LogP contribution in [-0.4, -0.2) is 102 Å². The van der Waals surface area contributed by atoms with E-state index in [9.17, 15) is 24.0 Å². The van der Waals surface area contributed by atoms with Gasteiger partial charge in [0.2, 0.25) is 11.8 Å². The second-order valence-electron chi connectivity index (χ2n) is 14.6. The number of likely N-dealkylation sites (tertiary alicyclic amines) is 1. The first kappa shape index (κ1) is 40.7. The topological polar surface area (TPSA) is 207 Å². The van der Waals surface area contributed by atoms with Gasteiger partial charge in [-0.2, -0.15) is 5.11 Å². The van der Waals surface area contributed by atoms with Crippen LogP contribution < -0.4 is 30.4 Å². The number of carbonyl (C=O) groups excluding carboxylic acids is 4. The van der Waals surface area contributed by atoms with E-state index in [1.807, 2.05) is 24.4 Å². The Balaban J connectivity index is 0.856. The molecule has 1 unspecified atom stereocenters. The number of benzene rings is 2. The maximum atomic E-state index is 13.1. The molecule has 0 saturated carbocycles. The third-order valence-electron chi connectivity index (χ3n) is 10.8. The van der Waals surface area contributed by atoms with Crippen LogP contribution in [0, 0.1) is 5.53 Å². The van der Waals surface area contributed by atoms with E-state index in [0.29, 0.717) is 54.4 Å². The van der Waals surface area contributed by atoms with Gasteiger partial charge in [-0.15, -0.1) is 0 Å². The predicted octanol–water partition coefficient (Wildman–Crippen LogP) is 3.93. The van der Waals surface area contributed by atoms with Crippen molar-refractivity contribution in [1.29, 1.82) is 5.53 Å². The van der Waals surface area contributed by atoms with Crippen molar-refractivity contribution in [1.82, 2.24) is 30.0 Å². The Morgan fingerprint density at radius 3 is 2.42 bits per heavy atom. The highest BCUT2D eigenvalue weighted by atomic mass is 16.5. The fourth-order valence-electron chi connectivity index (χ4n) is 7.70. The first-order valence-electron chi connectivity index (χ1n) is 19.4. The van der Waals surface area contributed by atoms with Crippen LogP contribution >= 0.6 is 0 Å². The SMILES string of the molecule is COc1cc(-c2cn(C)c(=O)c3cnccc23)cc(OC)c1CN1CCC(OC/C(=C/NCCCOc2ccc3c(c2)C(=O)N(C2CCC(=O)NC2=O)C3=O)N=N)CC1. The lowest BCUT2D eigenvalue weighted by Gasteiger charge is -2.32. The minimum Gasteiger partial charge on any atom is -0.496 e. The number of aryl methyl sites for hydroxylation is 1. The summed E-state index contributed by atoms with van der Waals surface area (Å²) in [5.41, 5.74) is 11.0. The largest absolute Gasteiger partial charge is 0.496 e. The fourth-order valence-corrected chi connectivity index (χ4v) is 7.70. The standard InChI is InChI=1S/C42H46N8O9/c1-48-22-33(29-9-13-45-21-32(29)40(48)53)25-17-36(56-2)34(37(18-25)57-3)23-49-14-10-27(11-15-49)59-24-26(47-43)20-44-12-4-16-58-28-5-6-30-31(19-28)42(55)50(41(30)54)35-7-8-38(51)46-39(35)52/h5-6,9,13,17-22,27,35,43-44H,4,7-8,10-12,14-16,23-24H2,1-3H3,(H,46,51,52)/b26-20-,47-43?. The van der Waals surface area contributed by atoms with Crippen LogP contribution in [0.4, 0.5) is 0 Å². The zero-order valence-electron chi connectivity index (χ0n) is 33.1. The number of nitrogens with one attached hydrogen (secondary N) is 3. The zero-order valence-corrected chi connectivity index (χ0v) is 33.1. The molecule has 2 aromatic heterocycles. The third-order valence-corrected chi connectivity index (χ3v) is 10.8. The number of carbonyl (C=O) groups is 4. The molecule has 308 valence electrons. The van der Waals surface area contributed by atoms with E-state index in [-0.39, 0.29) is 42.2 Å². The molecular formula is C42H46N8O9. The van der Waals surface area contributed by atoms with Gasteiger partial charge >= 0.3 is 0 Å². The molecule has 2 fully saturated rings. The summed E-state index contributed by atoms with van der Waals surface area (Å²) >= 11 is 0. The highest BCUT2D eigenvalue weighted by Crippen LogP contribution is 2.38. The monoisotopic (exact) mass is 806 g/mol. The van der Waals surface area contributed by atoms with Gasteiger partial charge < -0.3 is 28.8 Å². The van der Waals surface area contributed by atoms with E-state index in [2.05, 4.69) is 25.6 Å². The lowest BCUT2D eigenvalue weighted by atomic mass is 9.98. The number of amides is 4. The first-order chi connectivity index (χ1) is 28.6. The molecule has 1 atom stereocenters. The summed E-state index contributed by atoms with van der Waals surface area (Å²) in [5, 5.41) is 10.3. The second kappa shape index (κ2) is 18.0. The zero-order chi connectivity index (χ0) is 41.6. The van der Waals surface area contributed by atoms with E-state index < -0.39 is 29.7 Å². The van der Waals surface area contributed by atoms with Crippen LogP contribution in [0.5, 0.6) is 17.2 Å². The van der Waals surface area contributed by atoms with Gasteiger partial charge in [-0.25, -0.2) is 5.53 Å². The van der Waals surface area contributed by atoms with Gasteiger partial charge in [0.25, 0.3) is 17.4 Å². The van der Waals surface area contributed by atoms with Crippen LogP contribution in [0.3, 0.4) is 0 Å². The molecule has 4 amide bonds. The molecule has 0 aliphatic carbocycles. The molecular weight excluding hydrogens is 761 g/mol. The molecule has 17 nitrogen and oxygen atoms in total. The molecule has 2 saturated heterocycles. The van der Waals surface area contributed by atoms with Crippen molar-refractivity contribution in [3.05, 3.63) is 93.9 Å². The number of hydrogen-bond acceptors (Lipinski definition) is 14. The molecule has 0 bridgehead atoms. The summed E-state index contributed by atoms with van der Waals surface area (Å²) in [6.45, 7) is 3.22. The van der Waals surface area contributed by atoms with Crippen molar-refractivity contribution in [2.45, 2.75) is 50.8 Å². The van der Waals surface area contributed by atoms with Crippen molar-refractivity contribution in [3.8, 4) is 28.4 Å². The fraction of sp³-hybridized carbons (Fsp3) is 0.381. The smallest absolute Gasteiger partial charge is 0.262 e. The number of aromatic nitrogens is 2. The van der Waals surface area contributed by atoms with Gasteiger partial charge in [-0.05, 0) is 73.0 Å². The minimum absolute atomic E-state index is 0.00839. The van der Waals surface area contributed by atoms with Crippen molar-refractivity contribution in [2.75, 3.05) is 47.1 Å². The lowest BCUT2D eigenvalue weighted by Crippen LogP contribution is -2.54. The summed E-state index contributed by atoms with van der Waals surface area (Å²) in [6, 6.07) is 9.39. The number of hydrogen-bond donors (Lipinski definition) is 3. The Bertz CT molecular complexity index is 2360. The minimum atomic E-state index is -1.03. The van der Waals surface area contributed by atoms with Crippen LogP contribution in [0.1, 0.15) is 58.4 Å². The Labute approximate surface area is 339 Å². The van der Waals surface area contributed by atoms with E-state index in [4.69, 9.17) is 24.5 Å². The molecule has 0 spiro atoms. The van der Waals surface area contributed by atoms with E-state index in [1.165, 1.54) is 12.1 Å². The quantitative estimate of drug-likeness (QED) is 0.0837. The van der Waals surface area contributed by atoms with Gasteiger partial charge in [0.1, 0.15) is 29.0 Å². The number of nitrogens with zero attached hydrogens (tertiary/aromatic N) is 5. The molecule has 2 aromatic carbocycles.